The molecule has 0 bridgehead atoms. The Kier molecular flexibility index (Phi) is 2.07. The molecule has 1 aromatic rings. The summed E-state index contributed by atoms with van der Waals surface area (Å²) < 4.78 is 5.79. The van der Waals surface area contributed by atoms with Crippen LogP contribution in [0.3, 0.4) is 0 Å². The van der Waals surface area contributed by atoms with Crippen molar-refractivity contribution >= 4 is 15.5 Å². The van der Waals surface area contributed by atoms with Gasteiger partial charge in [0.05, 0.1) is 0 Å². The molecule has 2 aliphatic rings. The Labute approximate surface area is 91.7 Å². The molecule has 2 radical (unpaired) electrons. The highest BCUT2D eigenvalue weighted by Crippen LogP contribution is 2.37. The predicted octanol–water partition coefficient (Wildman–Crippen LogP) is 2.96. The maximum Gasteiger partial charge on any atom is 0.323 e. The summed E-state index contributed by atoms with van der Waals surface area (Å²) in [7, 11) is 0.532. The molecule has 72 valence electrons. The Balaban J connectivity index is 2.07. The molecule has 15 heavy (non-hydrogen) atoms. The van der Waals surface area contributed by atoms with Crippen molar-refractivity contribution in [3.63, 3.8) is 0 Å². The smallest absolute Gasteiger partial charge is 0.323 e. The van der Waals surface area contributed by atoms with Gasteiger partial charge in [0.2, 0.25) is 0 Å². The minimum absolute atomic E-state index is 0.477. The van der Waals surface area contributed by atoms with E-state index in [-0.39, 0.29) is 0 Å². The van der Waals surface area contributed by atoms with E-state index in [0.29, 0.717) is 15.3 Å². The van der Waals surface area contributed by atoms with Gasteiger partial charge < -0.3 is 4.43 Å². The van der Waals surface area contributed by atoms with Crippen molar-refractivity contribution in [2.75, 3.05) is 0 Å². The van der Waals surface area contributed by atoms with Crippen molar-refractivity contribution in [2.24, 2.45) is 0 Å². The molecule has 1 aromatic carbocycles. The lowest BCUT2D eigenvalue weighted by molar-refractivity contribution is 0.564. The molecular formula is C13H10OSi. The van der Waals surface area contributed by atoms with Crippen molar-refractivity contribution in [1.29, 1.82) is 0 Å². The lowest BCUT2D eigenvalue weighted by atomic mass is 10.0. The fourth-order valence-electron chi connectivity index (χ4n) is 1.86. The molecule has 0 saturated heterocycles. The average Bonchev–Trinajstić information content (AvgIpc) is 2.74. The highest BCUT2D eigenvalue weighted by atomic mass is 28.2. The summed E-state index contributed by atoms with van der Waals surface area (Å²) in [4.78, 5) is 0. The van der Waals surface area contributed by atoms with E-state index in [1.54, 1.807) is 0 Å². The molecule has 0 saturated carbocycles. The van der Waals surface area contributed by atoms with Crippen LogP contribution in [0.1, 0.15) is 5.56 Å². The van der Waals surface area contributed by atoms with E-state index >= 15 is 0 Å². The Morgan fingerprint density at radius 1 is 1.07 bits per heavy atom. The average molecular weight is 210 g/mol. The molecule has 0 fully saturated rings. The van der Waals surface area contributed by atoms with Crippen LogP contribution in [0.2, 0.25) is 5.54 Å². The van der Waals surface area contributed by atoms with Gasteiger partial charge in [0, 0.05) is 16.7 Å². The molecule has 1 nitrogen and oxygen atoms in total. The quantitative estimate of drug-likeness (QED) is 0.647. The fourth-order valence-corrected chi connectivity index (χ4v) is 2.88. The number of allylic oxidation sites excluding steroid dienone is 5. The van der Waals surface area contributed by atoms with Crippen LogP contribution in [-0.4, -0.2) is 9.76 Å². The summed E-state index contributed by atoms with van der Waals surface area (Å²) in [6.45, 7) is 0. The van der Waals surface area contributed by atoms with Gasteiger partial charge in [-0.2, -0.15) is 0 Å². The third-order valence-corrected chi connectivity index (χ3v) is 3.69. The summed E-state index contributed by atoms with van der Waals surface area (Å²) in [6.07, 6.45) is 8.54. The van der Waals surface area contributed by atoms with Crippen LogP contribution < -0.4 is 0 Å². The first-order valence-corrected chi connectivity index (χ1v) is 6.00. The van der Waals surface area contributed by atoms with Crippen LogP contribution >= 0.6 is 0 Å². The Bertz CT molecular complexity index is 457. The summed E-state index contributed by atoms with van der Waals surface area (Å²) in [5.41, 5.74) is 2.98. The Hall–Kier alpha value is -1.54. The maximum atomic E-state index is 5.79. The van der Waals surface area contributed by atoms with Crippen LogP contribution in [0.25, 0.3) is 5.76 Å². The molecule has 1 aliphatic heterocycles. The van der Waals surface area contributed by atoms with E-state index in [9.17, 15) is 0 Å². The zero-order valence-electron chi connectivity index (χ0n) is 8.18. The lowest BCUT2D eigenvalue weighted by Gasteiger charge is -2.07. The van der Waals surface area contributed by atoms with Crippen molar-refractivity contribution in [2.45, 2.75) is 5.54 Å². The molecule has 1 unspecified atom stereocenters. The standard InChI is InChI=1S/C13H10OSi/c1-2-6-10(7-3-1)13-11-8-4-5-9-12(11)15-14-13/h1-9,12H. The molecule has 0 N–H and O–H groups in total. The first kappa shape index (κ1) is 8.74. The monoisotopic (exact) mass is 210 g/mol. The maximum absolute atomic E-state index is 5.79. The summed E-state index contributed by atoms with van der Waals surface area (Å²) in [6, 6.07) is 10.3. The molecule has 0 spiro atoms. The van der Waals surface area contributed by atoms with Gasteiger partial charge >= 0.3 is 9.76 Å². The molecular weight excluding hydrogens is 200 g/mol. The highest BCUT2D eigenvalue weighted by Gasteiger charge is 2.27. The minimum Gasteiger partial charge on any atom is -0.539 e. The van der Waals surface area contributed by atoms with E-state index < -0.39 is 0 Å². The molecule has 3 rings (SSSR count). The third-order valence-electron chi connectivity index (χ3n) is 2.61. The second-order valence-corrected chi connectivity index (χ2v) is 4.65. The molecule has 1 aliphatic carbocycles. The second kappa shape index (κ2) is 3.55. The highest BCUT2D eigenvalue weighted by molar-refractivity contribution is 6.36. The van der Waals surface area contributed by atoms with E-state index in [2.05, 4.69) is 36.4 Å². The topological polar surface area (TPSA) is 9.23 Å². The van der Waals surface area contributed by atoms with Crippen molar-refractivity contribution in [1.82, 2.24) is 0 Å². The second-order valence-electron chi connectivity index (χ2n) is 3.59. The van der Waals surface area contributed by atoms with Gasteiger partial charge in [-0.3, -0.25) is 0 Å². The van der Waals surface area contributed by atoms with Gasteiger partial charge in [-0.05, 0) is 0 Å². The SMILES string of the molecule is C1=CC2=C(c3ccccc3)O[Si]C2C=C1. The van der Waals surface area contributed by atoms with Crippen LogP contribution in [-0.2, 0) is 4.43 Å². The Morgan fingerprint density at radius 3 is 2.80 bits per heavy atom. The van der Waals surface area contributed by atoms with Crippen molar-refractivity contribution in [3.8, 4) is 0 Å². The van der Waals surface area contributed by atoms with Gasteiger partial charge in [-0.25, -0.2) is 0 Å². The van der Waals surface area contributed by atoms with Gasteiger partial charge in [-0.1, -0.05) is 54.6 Å². The van der Waals surface area contributed by atoms with E-state index in [1.165, 1.54) is 11.1 Å². The first-order chi connectivity index (χ1) is 7.45. The van der Waals surface area contributed by atoms with Gasteiger partial charge in [0.1, 0.15) is 5.76 Å². The van der Waals surface area contributed by atoms with E-state index in [0.717, 1.165) is 5.76 Å². The number of hydrogen-bond acceptors (Lipinski definition) is 1. The summed E-state index contributed by atoms with van der Waals surface area (Å²) in [5, 5.41) is 0. The first-order valence-electron chi connectivity index (χ1n) is 5.02. The van der Waals surface area contributed by atoms with E-state index in [1.807, 2.05) is 18.2 Å². The van der Waals surface area contributed by atoms with Crippen LogP contribution in [0.15, 0.2) is 60.2 Å². The zero-order valence-corrected chi connectivity index (χ0v) is 9.18. The largest absolute Gasteiger partial charge is 0.539 e. The fraction of sp³-hybridized carbons (Fsp3) is 0.0769. The zero-order chi connectivity index (χ0) is 10.1. The molecule has 1 atom stereocenters. The number of hydrogen-bond donors (Lipinski definition) is 0. The van der Waals surface area contributed by atoms with Crippen LogP contribution in [0.5, 0.6) is 0 Å². The molecule has 0 aromatic heterocycles. The van der Waals surface area contributed by atoms with Crippen LogP contribution in [0, 0.1) is 0 Å². The van der Waals surface area contributed by atoms with Crippen molar-refractivity contribution < 1.29 is 4.43 Å². The van der Waals surface area contributed by atoms with Gasteiger partial charge in [0.25, 0.3) is 0 Å². The molecule has 1 heterocycles. The normalized spacial score (nSPS) is 22.8. The summed E-state index contributed by atoms with van der Waals surface area (Å²) >= 11 is 0. The Morgan fingerprint density at radius 2 is 1.93 bits per heavy atom. The summed E-state index contributed by atoms with van der Waals surface area (Å²) in [5.74, 6) is 1.06. The number of rotatable bonds is 1. The number of benzene rings is 1. The predicted molar refractivity (Wildman–Crippen MR) is 62.2 cm³/mol. The van der Waals surface area contributed by atoms with Crippen LogP contribution in [0.4, 0.5) is 0 Å². The third kappa shape index (κ3) is 1.47. The van der Waals surface area contributed by atoms with E-state index in [4.69, 9.17) is 4.43 Å². The molecule has 2 heteroatoms. The number of fused-ring (bicyclic) bond motifs is 1. The van der Waals surface area contributed by atoms with Gasteiger partial charge in [0.15, 0.2) is 0 Å². The molecule has 0 amide bonds. The minimum atomic E-state index is 0.477. The van der Waals surface area contributed by atoms with Gasteiger partial charge in [-0.15, -0.1) is 0 Å². The lowest BCUT2D eigenvalue weighted by Crippen LogP contribution is -1.97. The van der Waals surface area contributed by atoms with Crippen molar-refractivity contribution in [3.05, 3.63) is 65.8 Å².